The minimum Gasteiger partial charge on any atom is -0.308 e. The monoisotopic (exact) mass is 403 g/mol. The molecule has 144 valence electrons. The van der Waals surface area contributed by atoms with Crippen molar-refractivity contribution in [2.75, 3.05) is 32.1 Å². The maximum absolute atomic E-state index is 13.3. The molecule has 0 atom stereocenters. The maximum atomic E-state index is 13.3. The third-order valence-electron chi connectivity index (χ3n) is 4.40. The number of rotatable bonds is 5. The molecule has 6 heteroatoms. The van der Waals surface area contributed by atoms with Crippen LogP contribution in [0.2, 0.25) is 0 Å². The Morgan fingerprint density at radius 2 is 1.67 bits per heavy atom. The van der Waals surface area contributed by atoms with Crippen LogP contribution in [0, 0.1) is 20.8 Å². The zero-order chi connectivity index (χ0) is 18.8. The van der Waals surface area contributed by atoms with Crippen LogP contribution in [-0.2, 0) is 0 Å². The molecule has 0 bridgehead atoms. The van der Waals surface area contributed by atoms with Gasteiger partial charge in [-0.3, -0.25) is 9.69 Å². The predicted octanol–water partition coefficient (Wildman–Crippen LogP) is 4.85. The molecule has 0 saturated carbocycles. The summed E-state index contributed by atoms with van der Waals surface area (Å²) in [6.07, 6.45) is 0. The van der Waals surface area contributed by atoms with E-state index in [1.165, 1.54) is 5.56 Å². The molecule has 1 heterocycles. The number of anilines is 1. The van der Waals surface area contributed by atoms with Crippen molar-refractivity contribution in [2.24, 2.45) is 0 Å². The van der Waals surface area contributed by atoms with Crippen LogP contribution in [0.4, 0.5) is 5.13 Å². The van der Waals surface area contributed by atoms with Crippen LogP contribution in [0.1, 0.15) is 27.0 Å². The fraction of sp³-hybridized carbons (Fsp3) is 0.333. The lowest BCUT2D eigenvalue weighted by Gasteiger charge is -2.23. The molecule has 0 aliphatic heterocycles. The standard InChI is InChI=1S/C21H25N3OS.ClH/c1-14-6-8-16(3)17(12-14)20(25)24(11-10-23(4)5)21-22-18-9-7-15(2)13-19(18)26-21;/h6-9,12-13H,10-11H2,1-5H3;1H. The van der Waals surface area contributed by atoms with E-state index in [2.05, 4.69) is 24.0 Å². The van der Waals surface area contributed by atoms with Gasteiger partial charge in [-0.25, -0.2) is 4.98 Å². The Morgan fingerprint density at radius 1 is 1.00 bits per heavy atom. The fourth-order valence-corrected chi connectivity index (χ4v) is 3.92. The van der Waals surface area contributed by atoms with Gasteiger partial charge in [0.15, 0.2) is 5.13 Å². The molecule has 0 radical (unpaired) electrons. The minimum absolute atomic E-state index is 0. The zero-order valence-corrected chi connectivity index (χ0v) is 18.1. The van der Waals surface area contributed by atoms with Gasteiger partial charge >= 0.3 is 0 Å². The maximum Gasteiger partial charge on any atom is 0.260 e. The molecular weight excluding hydrogens is 378 g/mol. The van der Waals surface area contributed by atoms with Crippen molar-refractivity contribution in [3.05, 3.63) is 58.7 Å². The van der Waals surface area contributed by atoms with Crippen molar-refractivity contribution in [3.63, 3.8) is 0 Å². The van der Waals surface area contributed by atoms with Gasteiger partial charge in [0.2, 0.25) is 0 Å². The topological polar surface area (TPSA) is 36.4 Å². The lowest BCUT2D eigenvalue weighted by Crippen LogP contribution is -2.37. The summed E-state index contributed by atoms with van der Waals surface area (Å²) >= 11 is 1.58. The largest absolute Gasteiger partial charge is 0.308 e. The molecular formula is C21H26ClN3OS. The first-order valence-corrected chi connectivity index (χ1v) is 9.58. The Hall–Kier alpha value is -1.95. The van der Waals surface area contributed by atoms with Gasteiger partial charge in [-0.1, -0.05) is 35.1 Å². The molecule has 0 spiro atoms. The minimum atomic E-state index is 0. The van der Waals surface area contributed by atoms with Gasteiger partial charge in [0.1, 0.15) is 0 Å². The molecule has 0 aliphatic rings. The Morgan fingerprint density at radius 3 is 2.37 bits per heavy atom. The first kappa shape index (κ1) is 21.4. The summed E-state index contributed by atoms with van der Waals surface area (Å²) in [5.74, 6) is 0.0174. The molecule has 0 aliphatic carbocycles. The van der Waals surface area contributed by atoms with E-state index in [0.29, 0.717) is 6.54 Å². The van der Waals surface area contributed by atoms with E-state index in [-0.39, 0.29) is 18.3 Å². The number of carbonyl (C=O) groups excluding carboxylic acids is 1. The van der Waals surface area contributed by atoms with Crippen molar-refractivity contribution in [3.8, 4) is 0 Å². The summed E-state index contributed by atoms with van der Waals surface area (Å²) in [4.78, 5) is 22.0. The van der Waals surface area contributed by atoms with Crippen LogP contribution in [-0.4, -0.2) is 43.0 Å². The van der Waals surface area contributed by atoms with Crippen molar-refractivity contribution < 1.29 is 4.79 Å². The summed E-state index contributed by atoms with van der Waals surface area (Å²) < 4.78 is 1.11. The summed E-state index contributed by atoms with van der Waals surface area (Å²) in [6.45, 7) is 7.47. The number of amides is 1. The first-order chi connectivity index (χ1) is 12.3. The molecule has 2 aromatic carbocycles. The van der Waals surface area contributed by atoms with E-state index in [9.17, 15) is 4.79 Å². The summed E-state index contributed by atoms with van der Waals surface area (Å²) in [5.41, 5.74) is 4.98. The lowest BCUT2D eigenvalue weighted by molar-refractivity contribution is 0.0984. The number of nitrogens with zero attached hydrogens (tertiary/aromatic N) is 3. The van der Waals surface area contributed by atoms with Crippen molar-refractivity contribution >= 4 is 45.0 Å². The molecule has 0 saturated heterocycles. The third-order valence-corrected chi connectivity index (χ3v) is 5.44. The number of benzene rings is 2. The van der Waals surface area contributed by atoms with Gasteiger partial charge in [-0.2, -0.15) is 0 Å². The number of hydrogen-bond donors (Lipinski definition) is 0. The normalized spacial score (nSPS) is 10.9. The smallest absolute Gasteiger partial charge is 0.260 e. The van der Waals surface area contributed by atoms with Crippen LogP contribution >= 0.6 is 23.7 Å². The molecule has 0 unspecified atom stereocenters. The van der Waals surface area contributed by atoms with Crippen molar-refractivity contribution in [1.29, 1.82) is 0 Å². The molecule has 0 N–H and O–H groups in total. The Balaban J connectivity index is 0.00000261. The highest BCUT2D eigenvalue weighted by atomic mass is 35.5. The van der Waals surface area contributed by atoms with Gasteiger partial charge in [0.25, 0.3) is 5.91 Å². The predicted molar refractivity (Wildman–Crippen MR) is 118 cm³/mol. The van der Waals surface area contributed by atoms with E-state index in [4.69, 9.17) is 4.98 Å². The van der Waals surface area contributed by atoms with Crippen molar-refractivity contribution in [1.82, 2.24) is 9.88 Å². The molecule has 3 aromatic rings. The number of carbonyl (C=O) groups is 1. The van der Waals surface area contributed by atoms with E-state index in [1.54, 1.807) is 11.3 Å². The quantitative estimate of drug-likeness (QED) is 0.610. The number of hydrogen-bond acceptors (Lipinski definition) is 4. The Bertz CT molecular complexity index is 952. The van der Waals surface area contributed by atoms with Gasteiger partial charge in [-0.05, 0) is 64.2 Å². The highest BCUT2D eigenvalue weighted by Crippen LogP contribution is 2.30. The van der Waals surface area contributed by atoms with E-state index in [0.717, 1.165) is 38.6 Å². The van der Waals surface area contributed by atoms with Gasteiger partial charge in [-0.15, -0.1) is 12.4 Å². The molecule has 27 heavy (non-hydrogen) atoms. The lowest BCUT2D eigenvalue weighted by atomic mass is 10.0. The second kappa shape index (κ2) is 8.83. The number of fused-ring (bicyclic) bond motifs is 1. The van der Waals surface area contributed by atoms with Crippen molar-refractivity contribution in [2.45, 2.75) is 20.8 Å². The van der Waals surface area contributed by atoms with Crippen LogP contribution < -0.4 is 4.90 Å². The number of likely N-dealkylation sites (N-methyl/N-ethyl adjacent to an activating group) is 1. The molecule has 1 amide bonds. The summed E-state index contributed by atoms with van der Waals surface area (Å²) in [5, 5.41) is 0.762. The van der Waals surface area contributed by atoms with Gasteiger partial charge < -0.3 is 4.90 Å². The summed E-state index contributed by atoms with van der Waals surface area (Å²) in [7, 11) is 4.03. The average molecular weight is 404 g/mol. The second-order valence-electron chi connectivity index (χ2n) is 7.05. The van der Waals surface area contributed by atoms with Crippen LogP contribution in [0.25, 0.3) is 10.2 Å². The van der Waals surface area contributed by atoms with E-state index >= 15 is 0 Å². The van der Waals surface area contributed by atoms with E-state index in [1.807, 2.05) is 57.1 Å². The first-order valence-electron chi connectivity index (χ1n) is 8.76. The van der Waals surface area contributed by atoms with E-state index < -0.39 is 0 Å². The SMILES string of the molecule is Cc1ccc(C)c(C(=O)N(CCN(C)C)c2nc3ccc(C)cc3s2)c1.Cl. The molecule has 1 aromatic heterocycles. The number of halogens is 1. The number of aryl methyl sites for hydroxylation is 3. The van der Waals surface area contributed by atoms with Crippen LogP contribution in [0.3, 0.4) is 0 Å². The molecule has 3 rings (SSSR count). The highest BCUT2D eigenvalue weighted by molar-refractivity contribution is 7.22. The fourth-order valence-electron chi connectivity index (χ4n) is 2.83. The Kier molecular flexibility index (Phi) is 6.98. The average Bonchev–Trinajstić information content (AvgIpc) is 2.99. The molecule has 0 fully saturated rings. The van der Waals surface area contributed by atoms with Crippen LogP contribution in [0.5, 0.6) is 0 Å². The van der Waals surface area contributed by atoms with Gasteiger partial charge in [0, 0.05) is 18.7 Å². The third kappa shape index (κ3) is 4.86. The number of thiazole rings is 1. The second-order valence-corrected chi connectivity index (χ2v) is 8.06. The summed E-state index contributed by atoms with van der Waals surface area (Å²) in [6, 6.07) is 12.2. The highest BCUT2D eigenvalue weighted by Gasteiger charge is 2.22. The number of aromatic nitrogens is 1. The van der Waals surface area contributed by atoms with Gasteiger partial charge in [0.05, 0.1) is 10.2 Å². The molecule has 4 nitrogen and oxygen atoms in total. The van der Waals surface area contributed by atoms with Crippen LogP contribution in [0.15, 0.2) is 36.4 Å². The Labute approximate surface area is 171 Å². The zero-order valence-electron chi connectivity index (χ0n) is 16.4.